The largest absolute Gasteiger partial charge is 0.505 e. The molecule has 0 unspecified atom stereocenters. The van der Waals surface area contributed by atoms with Gasteiger partial charge in [-0.05, 0) is 78.7 Å². The molecule has 0 radical (unpaired) electrons. The SMILES string of the molecule is CN(C)CN(C)C.COC(=O)c1nc(CN(C)C)c2cccc(Oc3ccccc3)c2c1O.COC(=O)c1ncc2cccc(Oc3ccccc3)c2c1O. The van der Waals surface area contributed by atoms with Crippen LogP contribution in [-0.4, -0.2) is 110 Å². The van der Waals surface area contributed by atoms with Gasteiger partial charge in [-0.3, -0.25) is 9.80 Å². The van der Waals surface area contributed by atoms with Crippen molar-refractivity contribution in [2.45, 2.75) is 6.54 Å². The first-order chi connectivity index (χ1) is 26.3. The van der Waals surface area contributed by atoms with E-state index in [1.165, 1.54) is 20.4 Å². The number of aromatic nitrogens is 2. The summed E-state index contributed by atoms with van der Waals surface area (Å²) in [6.45, 7) is 1.52. The zero-order valence-corrected chi connectivity index (χ0v) is 32.3. The highest BCUT2D eigenvalue weighted by atomic mass is 16.5. The molecule has 0 spiro atoms. The van der Waals surface area contributed by atoms with Gasteiger partial charge in [0, 0.05) is 30.2 Å². The Bertz CT molecular complexity index is 2190. The molecule has 0 bridgehead atoms. The zero-order valence-electron chi connectivity index (χ0n) is 32.3. The van der Waals surface area contributed by atoms with Gasteiger partial charge in [-0.15, -0.1) is 0 Å². The summed E-state index contributed by atoms with van der Waals surface area (Å²) in [7, 11) is 14.5. The van der Waals surface area contributed by atoms with Crippen molar-refractivity contribution < 1.29 is 38.7 Å². The maximum absolute atomic E-state index is 12.1. The minimum absolute atomic E-state index is 0.124. The number of ether oxygens (including phenoxy) is 4. The quantitative estimate of drug-likeness (QED) is 0.108. The molecule has 4 aromatic carbocycles. The van der Waals surface area contributed by atoms with Gasteiger partial charge >= 0.3 is 11.9 Å². The van der Waals surface area contributed by atoms with Gasteiger partial charge in [0.25, 0.3) is 0 Å². The van der Waals surface area contributed by atoms with Crippen molar-refractivity contribution in [1.29, 1.82) is 0 Å². The molecule has 0 aliphatic rings. The number of pyridine rings is 2. The molecule has 2 aromatic heterocycles. The average molecular weight is 750 g/mol. The minimum atomic E-state index is -0.700. The summed E-state index contributed by atoms with van der Waals surface area (Å²) in [5.74, 6) is 0.243. The molecule has 0 saturated heterocycles. The Hall–Kier alpha value is -6.28. The molecule has 6 aromatic rings. The Morgan fingerprint density at radius 2 is 1.09 bits per heavy atom. The molecule has 2 N–H and O–H groups in total. The third kappa shape index (κ3) is 11.1. The number of hydrogen-bond acceptors (Lipinski definition) is 13. The number of fused-ring (bicyclic) bond motifs is 2. The van der Waals surface area contributed by atoms with Crippen LogP contribution in [0.2, 0.25) is 0 Å². The van der Waals surface area contributed by atoms with E-state index in [1.807, 2.05) is 79.7 Å². The van der Waals surface area contributed by atoms with Crippen LogP contribution in [0.1, 0.15) is 26.7 Å². The third-order valence-electron chi connectivity index (χ3n) is 7.63. The van der Waals surface area contributed by atoms with E-state index < -0.39 is 11.9 Å². The lowest BCUT2D eigenvalue weighted by Crippen LogP contribution is -2.26. The van der Waals surface area contributed by atoms with Gasteiger partial charge < -0.3 is 34.1 Å². The molecule has 0 saturated carbocycles. The van der Waals surface area contributed by atoms with E-state index in [0.29, 0.717) is 51.4 Å². The number of carbonyl (C=O) groups is 2. The maximum atomic E-state index is 12.1. The number of esters is 2. The number of methoxy groups -OCH3 is 2. The number of hydrogen-bond donors (Lipinski definition) is 2. The Labute approximate surface area is 320 Å². The van der Waals surface area contributed by atoms with Gasteiger partial charge in [-0.25, -0.2) is 19.6 Å². The van der Waals surface area contributed by atoms with Crippen molar-refractivity contribution in [1.82, 2.24) is 24.7 Å². The Morgan fingerprint density at radius 1 is 0.600 bits per heavy atom. The molecule has 0 aliphatic heterocycles. The fourth-order valence-electron chi connectivity index (χ4n) is 5.48. The first-order valence-corrected chi connectivity index (χ1v) is 17.2. The van der Waals surface area contributed by atoms with Crippen molar-refractivity contribution >= 4 is 33.5 Å². The number of benzene rings is 4. The summed E-state index contributed by atoms with van der Waals surface area (Å²) in [4.78, 5) is 38.2. The molecule has 13 heteroatoms. The van der Waals surface area contributed by atoms with Crippen molar-refractivity contribution in [3.05, 3.63) is 120 Å². The first-order valence-electron chi connectivity index (χ1n) is 17.2. The van der Waals surface area contributed by atoms with Gasteiger partial charge in [0.2, 0.25) is 0 Å². The summed E-state index contributed by atoms with van der Waals surface area (Å²) in [6.07, 6.45) is 1.50. The van der Waals surface area contributed by atoms with Crippen molar-refractivity contribution in [3.63, 3.8) is 0 Å². The van der Waals surface area contributed by atoms with Crippen molar-refractivity contribution in [3.8, 4) is 34.5 Å². The molecular formula is C42H47N5O8. The van der Waals surface area contributed by atoms with E-state index in [-0.39, 0.29) is 22.9 Å². The van der Waals surface area contributed by atoms with Gasteiger partial charge in [0.05, 0.1) is 30.7 Å². The van der Waals surface area contributed by atoms with E-state index in [9.17, 15) is 19.8 Å². The number of aromatic hydroxyl groups is 2. The number of nitrogens with zero attached hydrogens (tertiary/aromatic N) is 5. The highest BCUT2D eigenvalue weighted by Crippen LogP contribution is 2.40. The third-order valence-corrected chi connectivity index (χ3v) is 7.63. The van der Waals surface area contributed by atoms with Crippen LogP contribution in [0.5, 0.6) is 34.5 Å². The summed E-state index contributed by atoms with van der Waals surface area (Å²) in [6, 6.07) is 29.1. The highest BCUT2D eigenvalue weighted by Gasteiger charge is 2.23. The topological polar surface area (TPSA) is 147 Å². The molecule has 288 valence electrons. The summed E-state index contributed by atoms with van der Waals surface area (Å²) in [5, 5.41) is 23.3. The Kier molecular flexibility index (Phi) is 14.9. The van der Waals surface area contributed by atoms with E-state index in [4.69, 9.17) is 14.2 Å². The molecule has 55 heavy (non-hydrogen) atoms. The smallest absolute Gasteiger partial charge is 0.360 e. The standard InChI is InChI=1S/C20H20N2O4.C17H13NO4.C5H14N2/c1-22(2)12-15-14-10-7-11-16(26-13-8-5-4-6-9-13)17(14)19(23)18(21-15)20(24)25-3;1-21-17(20)15-16(19)14-11(10-18-15)6-5-9-13(14)22-12-7-3-2-4-8-12;1-6(2)5-7(3)4/h4-11,23H,12H2,1-3H3;2-10,19H,1H3;5H2,1-4H3. The molecule has 0 aliphatic carbocycles. The van der Waals surface area contributed by atoms with Gasteiger partial charge in [0.15, 0.2) is 22.9 Å². The van der Waals surface area contributed by atoms with Crippen LogP contribution in [0, 0.1) is 0 Å². The van der Waals surface area contributed by atoms with Gasteiger partial charge in [-0.1, -0.05) is 60.7 Å². The van der Waals surface area contributed by atoms with Gasteiger partial charge in [-0.2, -0.15) is 0 Å². The maximum Gasteiger partial charge on any atom is 0.360 e. The Morgan fingerprint density at radius 3 is 1.58 bits per heavy atom. The lowest BCUT2D eigenvalue weighted by Gasteiger charge is -2.16. The molecule has 2 heterocycles. The van der Waals surface area contributed by atoms with E-state index in [1.54, 1.807) is 36.4 Å². The van der Waals surface area contributed by atoms with Crippen LogP contribution in [0.25, 0.3) is 21.5 Å². The first kappa shape index (κ1) is 41.5. The highest BCUT2D eigenvalue weighted by molar-refractivity contribution is 6.03. The molecule has 0 fully saturated rings. The van der Waals surface area contributed by atoms with E-state index >= 15 is 0 Å². The number of rotatable bonds is 10. The van der Waals surface area contributed by atoms with Crippen LogP contribution >= 0.6 is 0 Å². The molecular weight excluding hydrogens is 702 g/mol. The molecule has 13 nitrogen and oxygen atoms in total. The monoisotopic (exact) mass is 749 g/mol. The lowest BCUT2D eigenvalue weighted by atomic mass is 10.1. The van der Waals surface area contributed by atoms with Crippen LogP contribution in [0.4, 0.5) is 0 Å². The van der Waals surface area contributed by atoms with Gasteiger partial charge in [0.1, 0.15) is 23.0 Å². The second-order valence-electron chi connectivity index (χ2n) is 13.0. The lowest BCUT2D eigenvalue weighted by molar-refractivity contribution is 0.0581. The second kappa shape index (κ2) is 19.7. The van der Waals surface area contributed by atoms with E-state index in [2.05, 4.69) is 52.7 Å². The molecule has 0 amide bonds. The van der Waals surface area contributed by atoms with Crippen LogP contribution in [0.15, 0.2) is 103 Å². The number of carbonyl (C=O) groups excluding carboxylic acids is 2. The van der Waals surface area contributed by atoms with E-state index in [0.717, 1.165) is 12.1 Å². The fraction of sp³-hybridized carbons (Fsp3) is 0.238. The van der Waals surface area contributed by atoms with Crippen LogP contribution in [-0.2, 0) is 16.0 Å². The summed E-state index contributed by atoms with van der Waals surface area (Å²) in [5.41, 5.74) is 0.391. The van der Waals surface area contributed by atoms with Crippen LogP contribution in [0.3, 0.4) is 0 Å². The predicted molar refractivity (Wildman–Crippen MR) is 212 cm³/mol. The molecule has 6 rings (SSSR count). The summed E-state index contributed by atoms with van der Waals surface area (Å²) < 4.78 is 21.1. The normalized spacial score (nSPS) is 10.7. The predicted octanol–water partition coefficient (Wildman–Crippen LogP) is 7.17. The van der Waals surface area contributed by atoms with Crippen molar-refractivity contribution in [2.24, 2.45) is 0 Å². The summed E-state index contributed by atoms with van der Waals surface area (Å²) >= 11 is 0. The molecule has 0 atom stereocenters. The zero-order chi connectivity index (χ0) is 40.1. The minimum Gasteiger partial charge on any atom is -0.505 e. The average Bonchev–Trinajstić information content (AvgIpc) is 3.16. The number of para-hydroxylation sites is 2. The second-order valence-corrected chi connectivity index (χ2v) is 13.0. The van der Waals surface area contributed by atoms with Crippen LogP contribution < -0.4 is 9.47 Å². The Balaban J connectivity index is 0.000000211. The van der Waals surface area contributed by atoms with Crippen molar-refractivity contribution in [2.75, 3.05) is 63.2 Å². The fourth-order valence-corrected chi connectivity index (χ4v) is 5.48.